The molecular weight excluding hydrogens is 339 g/mol. The van der Waals surface area contributed by atoms with Crippen molar-refractivity contribution in [3.63, 3.8) is 0 Å². The van der Waals surface area contributed by atoms with E-state index in [1.54, 1.807) is 16.7 Å². The molecule has 0 bridgehead atoms. The molecule has 2 aromatic carbocycles. The predicted octanol–water partition coefficient (Wildman–Crippen LogP) is 3.54. The van der Waals surface area contributed by atoms with Crippen LogP contribution in [0.15, 0.2) is 70.7 Å². The average Bonchev–Trinajstić information content (AvgIpc) is 3.11. The lowest BCUT2D eigenvalue weighted by atomic mass is 10.2. The second kappa shape index (κ2) is 6.52. The Morgan fingerprint density at radius 2 is 1.84 bits per heavy atom. The molecule has 0 radical (unpaired) electrons. The van der Waals surface area contributed by atoms with Crippen LogP contribution in [-0.2, 0) is 5.75 Å². The second-order valence-electron chi connectivity index (χ2n) is 5.42. The number of hydrogen-bond acceptors (Lipinski definition) is 4. The molecule has 0 saturated heterocycles. The molecule has 25 heavy (non-hydrogen) atoms. The fourth-order valence-electron chi connectivity index (χ4n) is 2.50. The number of nitrogens with zero attached hydrogens (tertiary/aromatic N) is 3. The first-order chi connectivity index (χ1) is 12.2. The van der Waals surface area contributed by atoms with Gasteiger partial charge >= 0.3 is 0 Å². The molecule has 5 nitrogen and oxygen atoms in total. The molecule has 0 unspecified atom stereocenters. The van der Waals surface area contributed by atoms with Gasteiger partial charge in [0.2, 0.25) is 0 Å². The van der Waals surface area contributed by atoms with Gasteiger partial charge in [-0.2, -0.15) is 5.10 Å². The van der Waals surface area contributed by atoms with Crippen molar-refractivity contribution in [2.75, 3.05) is 0 Å². The van der Waals surface area contributed by atoms with Crippen LogP contribution in [0, 0.1) is 5.82 Å². The third-order valence-corrected chi connectivity index (χ3v) is 4.76. The third-order valence-electron chi connectivity index (χ3n) is 3.75. The molecule has 0 atom stereocenters. The van der Waals surface area contributed by atoms with Gasteiger partial charge in [-0.15, -0.1) is 0 Å². The Labute approximate surface area is 146 Å². The van der Waals surface area contributed by atoms with E-state index in [1.807, 2.05) is 30.3 Å². The first-order valence-electron chi connectivity index (χ1n) is 7.61. The van der Waals surface area contributed by atoms with Crippen LogP contribution in [0.1, 0.15) is 5.56 Å². The summed E-state index contributed by atoms with van der Waals surface area (Å²) in [6.45, 7) is 0. The molecule has 0 aliphatic heterocycles. The number of aromatic nitrogens is 4. The number of para-hydroxylation sites is 1. The van der Waals surface area contributed by atoms with Crippen LogP contribution in [0.5, 0.6) is 0 Å². The standard InChI is InChI=1S/C18H13FN4OS/c19-13-8-6-12(7-9-13)11-25-18-21-16-15(10-20-22-16)17(24)23(18)14-4-2-1-3-5-14/h1-10H,11H2,(H,20,22). The summed E-state index contributed by atoms with van der Waals surface area (Å²) in [5, 5.41) is 7.65. The van der Waals surface area contributed by atoms with Crippen molar-refractivity contribution >= 4 is 22.8 Å². The van der Waals surface area contributed by atoms with E-state index >= 15 is 0 Å². The van der Waals surface area contributed by atoms with E-state index in [0.29, 0.717) is 21.9 Å². The lowest BCUT2D eigenvalue weighted by Crippen LogP contribution is -2.21. The van der Waals surface area contributed by atoms with E-state index in [2.05, 4.69) is 15.2 Å². The Hall–Kier alpha value is -2.93. The molecule has 1 N–H and O–H groups in total. The minimum Gasteiger partial charge on any atom is -0.268 e. The maximum atomic E-state index is 13.1. The van der Waals surface area contributed by atoms with Gasteiger partial charge in [0, 0.05) is 5.75 Å². The number of benzene rings is 2. The van der Waals surface area contributed by atoms with Crippen molar-refractivity contribution in [3.05, 3.63) is 82.5 Å². The fourth-order valence-corrected chi connectivity index (χ4v) is 3.47. The van der Waals surface area contributed by atoms with E-state index in [0.717, 1.165) is 11.3 Å². The number of rotatable bonds is 4. The zero-order valence-corrected chi connectivity index (χ0v) is 13.8. The Balaban J connectivity index is 1.78. The number of nitrogens with one attached hydrogen (secondary N) is 1. The Bertz CT molecular complexity index is 1070. The normalized spacial score (nSPS) is 11.1. The summed E-state index contributed by atoms with van der Waals surface area (Å²) in [5.41, 5.74) is 1.97. The number of aromatic amines is 1. The van der Waals surface area contributed by atoms with Gasteiger partial charge < -0.3 is 0 Å². The average molecular weight is 352 g/mol. The van der Waals surface area contributed by atoms with E-state index in [-0.39, 0.29) is 11.4 Å². The highest BCUT2D eigenvalue weighted by Crippen LogP contribution is 2.24. The molecule has 0 spiro atoms. The summed E-state index contributed by atoms with van der Waals surface area (Å²) in [6.07, 6.45) is 1.48. The lowest BCUT2D eigenvalue weighted by Gasteiger charge is -2.11. The number of H-pyrrole nitrogens is 1. The zero-order chi connectivity index (χ0) is 17.2. The summed E-state index contributed by atoms with van der Waals surface area (Å²) in [7, 11) is 0. The molecule has 0 saturated carbocycles. The van der Waals surface area contributed by atoms with E-state index in [4.69, 9.17) is 0 Å². The molecular formula is C18H13FN4OS. The van der Waals surface area contributed by atoms with Crippen molar-refractivity contribution in [3.8, 4) is 5.69 Å². The van der Waals surface area contributed by atoms with Crippen LogP contribution in [0.4, 0.5) is 4.39 Å². The molecule has 0 amide bonds. The maximum absolute atomic E-state index is 13.1. The van der Waals surface area contributed by atoms with Gasteiger partial charge in [0.15, 0.2) is 10.8 Å². The van der Waals surface area contributed by atoms with Gasteiger partial charge in [-0.05, 0) is 29.8 Å². The highest BCUT2D eigenvalue weighted by Gasteiger charge is 2.14. The van der Waals surface area contributed by atoms with Gasteiger partial charge in [-0.3, -0.25) is 14.5 Å². The molecule has 0 aliphatic carbocycles. The van der Waals surface area contributed by atoms with Gasteiger partial charge in [-0.25, -0.2) is 9.37 Å². The summed E-state index contributed by atoms with van der Waals surface area (Å²) in [4.78, 5) is 17.4. The molecule has 2 aromatic heterocycles. The van der Waals surface area contributed by atoms with Crippen molar-refractivity contribution in [2.24, 2.45) is 0 Å². The van der Waals surface area contributed by atoms with E-state index < -0.39 is 0 Å². The van der Waals surface area contributed by atoms with Crippen LogP contribution in [0.3, 0.4) is 0 Å². The largest absolute Gasteiger partial charge is 0.269 e. The Morgan fingerprint density at radius 3 is 2.60 bits per heavy atom. The van der Waals surface area contributed by atoms with Gasteiger partial charge in [-0.1, -0.05) is 42.1 Å². The second-order valence-corrected chi connectivity index (χ2v) is 6.36. The summed E-state index contributed by atoms with van der Waals surface area (Å²) in [5.74, 6) is 0.297. The van der Waals surface area contributed by atoms with Crippen LogP contribution in [0.2, 0.25) is 0 Å². The minimum absolute atomic E-state index is 0.174. The van der Waals surface area contributed by atoms with Crippen molar-refractivity contribution in [1.82, 2.24) is 19.7 Å². The predicted molar refractivity (Wildman–Crippen MR) is 95.4 cm³/mol. The Kier molecular flexibility index (Phi) is 4.07. The van der Waals surface area contributed by atoms with Crippen molar-refractivity contribution in [1.29, 1.82) is 0 Å². The molecule has 0 aliphatic rings. The number of fused-ring (bicyclic) bond motifs is 1. The summed E-state index contributed by atoms with van der Waals surface area (Å²) in [6, 6.07) is 15.6. The van der Waals surface area contributed by atoms with Crippen LogP contribution in [-0.4, -0.2) is 19.7 Å². The first kappa shape index (κ1) is 15.6. The SMILES string of the molecule is O=c1c2cn[nH]c2nc(SCc2ccc(F)cc2)n1-c1ccccc1. The first-order valence-corrected chi connectivity index (χ1v) is 8.60. The van der Waals surface area contributed by atoms with Gasteiger partial charge in [0.05, 0.1) is 11.9 Å². The molecule has 7 heteroatoms. The third kappa shape index (κ3) is 3.06. The van der Waals surface area contributed by atoms with E-state index in [1.165, 1.54) is 30.1 Å². The quantitative estimate of drug-likeness (QED) is 0.451. The molecule has 0 fully saturated rings. The summed E-state index contributed by atoms with van der Waals surface area (Å²) >= 11 is 1.41. The van der Waals surface area contributed by atoms with Crippen LogP contribution in [0.25, 0.3) is 16.7 Å². The minimum atomic E-state index is -0.271. The molecule has 2 heterocycles. The number of halogens is 1. The lowest BCUT2D eigenvalue weighted by molar-refractivity contribution is 0.627. The molecule has 124 valence electrons. The van der Waals surface area contributed by atoms with E-state index in [9.17, 15) is 9.18 Å². The smallest absolute Gasteiger partial charge is 0.268 e. The van der Waals surface area contributed by atoms with Crippen molar-refractivity contribution in [2.45, 2.75) is 10.9 Å². The fraction of sp³-hybridized carbons (Fsp3) is 0.0556. The maximum Gasteiger partial charge on any atom is 0.269 e. The highest BCUT2D eigenvalue weighted by molar-refractivity contribution is 7.98. The van der Waals surface area contributed by atoms with Crippen LogP contribution < -0.4 is 5.56 Å². The number of thioether (sulfide) groups is 1. The molecule has 4 rings (SSSR count). The van der Waals surface area contributed by atoms with Crippen LogP contribution >= 0.6 is 11.8 Å². The highest BCUT2D eigenvalue weighted by atomic mass is 32.2. The van der Waals surface area contributed by atoms with Gasteiger partial charge in [0.1, 0.15) is 11.2 Å². The summed E-state index contributed by atoms with van der Waals surface area (Å²) < 4.78 is 14.6. The molecule has 4 aromatic rings. The monoisotopic (exact) mass is 352 g/mol. The van der Waals surface area contributed by atoms with Gasteiger partial charge in [0.25, 0.3) is 5.56 Å². The Morgan fingerprint density at radius 1 is 1.08 bits per heavy atom. The topological polar surface area (TPSA) is 63.6 Å². The zero-order valence-electron chi connectivity index (χ0n) is 13.0. The van der Waals surface area contributed by atoms with Crippen molar-refractivity contribution < 1.29 is 4.39 Å². The number of hydrogen-bond donors (Lipinski definition) is 1.